The molecule has 4 fully saturated rings. The Hall–Kier alpha value is -7.99. The van der Waals surface area contributed by atoms with Gasteiger partial charge in [-0.2, -0.15) is 8.61 Å². The zero-order valence-electron chi connectivity index (χ0n) is 57.8. The number of aromatic nitrogens is 4. The van der Waals surface area contributed by atoms with Gasteiger partial charge in [-0.05, 0) is 140 Å². The molecule has 2 amide bonds. The van der Waals surface area contributed by atoms with Gasteiger partial charge in [-0.25, -0.2) is 46.4 Å². The van der Waals surface area contributed by atoms with Gasteiger partial charge in [-0.3, -0.25) is 0 Å². The Bertz CT molecular complexity index is 3890. The van der Waals surface area contributed by atoms with Gasteiger partial charge in [0.25, 0.3) is 0 Å². The Balaban J connectivity index is 0.000000203. The molecule has 0 spiro atoms. The maximum absolute atomic E-state index is 13.9. The fourth-order valence-electron chi connectivity index (χ4n) is 12.1. The number of amides is 2. The molecule has 0 unspecified atom stereocenters. The number of fused-ring (bicyclic) bond motifs is 4. The van der Waals surface area contributed by atoms with Crippen molar-refractivity contribution in [2.24, 2.45) is 29.4 Å². The number of alkyl carbamates (subject to hydrolysis) is 2. The van der Waals surface area contributed by atoms with Crippen molar-refractivity contribution in [3.63, 3.8) is 0 Å². The highest BCUT2D eigenvalue weighted by molar-refractivity contribution is 7.89. The van der Waals surface area contributed by atoms with Gasteiger partial charge in [0.05, 0.1) is 85.6 Å². The van der Waals surface area contributed by atoms with E-state index in [1.807, 2.05) is 64.1 Å². The number of ether oxygens (including phenoxy) is 12. The summed E-state index contributed by atoms with van der Waals surface area (Å²) in [6, 6.07) is 25.1. The molecule has 0 aliphatic carbocycles. The Kier molecular flexibility index (Phi) is 28.4. The first-order valence-electron chi connectivity index (χ1n) is 34.3. The lowest BCUT2D eigenvalue weighted by atomic mass is 10.0. The van der Waals surface area contributed by atoms with Gasteiger partial charge in [0, 0.05) is 69.6 Å². The normalized spacial score (nSPS) is 20.4. The quantitative estimate of drug-likeness (QED) is 0.0192. The third-order valence-electron chi connectivity index (χ3n) is 17.3. The molecular weight excluding hydrogens is 1400 g/mol. The van der Waals surface area contributed by atoms with Crippen molar-refractivity contribution in [3.05, 3.63) is 138 Å². The van der Waals surface area contributed by atoms with Gasteiger partial charge in [-0.1, -0.05) is 52.0 Å². The molecule has 6 aromatic rings. The van der Waals surface area contributed by atoms with Crippen molar-refractivity contribution in [2.45, 2.75) is 125 Å². The van der Waals surface area contributed by atoms with Crippen molar-refractivity contribution in [3.8, 4) is 34.5 Å². The molecular formula is C70H91ClN10O20S2. The van der Waals surface area contributed by atoms with Crippen LogP contribution in [0.15, 0.2) is 132 Å². The summed E-state index contributed by atoms with van der Waals surface area (Å²) in [5.41, 5.74) is 7.13. The van der Waals surface area contributed by atoms with E-state index in [2.05, 4.69) is 35.9 Å². The molecule has 0 radical (unpaired) electrons. The summed E-state index contributed by atoms with van der Waals surface area (Å²) in [7, 11) is -8.13. The monoisotopic (exact) mass is 1490 g/mol. The van der Waals surface area contributed by atoms with Crippen LogP contribution in [0.5, 0.6) is 34.5 Å². The lowest BCUT2D eigenvalue weighted by molar-refractivity contribution is -0.0909. The summed E-state index contributed by atoms with van der Waals surface area (Å²) in [4.78, 5) is 42.0. The maximum Gasteiger partial charge on any atom is 0.407 e. The van der Waals surface area contributed by atoms with Crippen molar-refractivity contribution < 1.29 is 93.5 Å². The first-order chi connectivity index (χ1) is 49.7. The van der Waals surface area contributed by atoms with Crippen LogP contribution in [0.4, 0.5) is 15.5 Å². The van der Waals surface area contributed by atoms with Crippen LogP contribution in [-0.4, -0.2) is 209 Å². The van der Waals surface area contributed by atoms with Gasteiger partial charge < -0.3 is 88.7 Å². The molecule has 0 saturated carbocycles. The number of anilines is 1. The third kappa shape index (κ3) is 22.3. The van der Waals surface area contributed by atoms with Crippen LogP contribution in [0.25, 0.3) is 0 Å². The van der Waals surface area contributed by atoms with Crippen LogP contribution in [0, 0.1) is 23.7 Å². The lowest BCUT2D eigenvalue weighted by Crippen LogP contribution is -2.51. The zero-order valence-corrected chi connectivity index (χ0v) is 60.2. The number of aliphatic hydroxyl groups is 2. The van der Waals surface area contributed by atoms with Crippen molar-refractivity contribution in [2.75, 3.05) is 97.8 Å². The molecule has 6 aliphatic rings. The number of halogens is 1. The number of nitrogens with one attached hydrogen (secondary N) is 3. The van der Waals surface area contributed by atoms with Gasteiger partial charge in [-0.15, -0.1) is 0 Å². The highest BCUT2D eigenvalue weighted by Crippen LogP contribution is 2.38. The minimum atomic E-state index is -4.08. The van der Waals surface area contributed by atoms with E-state index in [-0.39, 0.29) is 106 Å². The number of hydrogen-bond donors (Lipinski definition) is 6. The average molecular weight is 1490 g/mol. The van der Waals surface area contributed by atoms with E-state index < -0.39 is 75.0 Å². The van der Waals surface area contributed by atoms with Crippen LogP contribution < -0.4 is 50.1 Å². The van der Waals surface area contributed by atoms with E-state index in [1.165, 1.54) is 32.9 Å². The molecule has 8 heterocycles. The number of nitrogens with zero attached hydrogens (tertiary/aromatic N) is 6. The highest BCUT2D eigenvalue weighted by Gasteiger charge is 2.46. The van der Waals surface area contributed by atoms with Gasteiger partial charge in [0.1, 0.15) is 23.7 Å². The lowest BCUT2D eigenvalue weighted by Gasteiger charge is -2.31. The van der Waals surface area contributed by atoms with E-state index in [0.29, 0.717) is 91.7 Å². The summed E-state index contributed by atoms with van der Waals surface area (Å²) in [5, 5.41) is 32.3. The molecule has 560 valence electrons. The molecule has 30 nitrogen and oxygen atoms in total. The van der Waals surface area contributed by atoms with E-state index in [9.17, 15) is 36.6 Å². The maximum atomic E-state index is 13.9. The second-order valence-corrected chi connectivity index (χ2v) is 30.2. The fourth-order valence-corrected chi connectivity index (χ4v) is 15.5. The number of aliphatic hydroxyl groups excluding tert-OH is 2. The van der Waals surface area contributed by atoms with Crippen LogP contribution in [0.1, 0.15) is 64.5 Å². The standard InChI is InChI=1S/C35H45N5O10S.C31H43N3O10S.C4H3ClN2/c1-23(2)19-40(51(43,44)26-9-10-30-31(18-26)49-22-48-30)20-29(41)28(39-35(42)50-32-21-47-33-27(32)11-16-46-33)17-24-5-7-25(8-6-24)45-15-4-14-38-34-36-12-3-13-37-34;1-20(2)16-34(45(37,38)23-8-9-27-28(15-23)43-19-42-27)17-26(35)25(14-21-4-6-22(7-5-21)39-12-3-11-32)33-31(36)44-29-18-41-30-24(29)10-13-40-30;5-4-6-2-1-3-7-4/h3,5-10,12-13,18,23,27-29,32-33,41H,4,11,14-17,19-22H2,1-2H3,(H,39,42)(H,36,37,38);4-9,15,20,24-26,29-30,35H,3,10-14,16-19,32H2,1-2H3,(H,33,36);1-3H/t27-,28-,29+,32+,33+;24-,25-,26+,29+,30+;/m00./s1. The Labute approximate surface area is 604 Å². The first kappa shape index (κ1) is 77.6. The minimum Gasteiger partial charge on any atom is -0.494 e. The predicted molar refractivity (Wildman–Crippen MR) is 373 cm³/mol. The van der Waals surface area contributed by atoms with Crippen LogP contribution in [0.3, 0.4) is 0 Å². The molecule has 33 heteroatoms. The zero-order chi connectivity index (χ0) is 72.9. The third-order valence-corrected chi connectivity index (χ3v) is 21.1. The SMILES string of the molecule is CC(C)CN(C[C@@H](O)[C@H](Cc1ccc(OCCCN)cc1)NC(=O)O[C@@H]1CO[C@H]2OCC[C@H]21)S(=O)(=O)c1ccc2c(c1)OCO2.CC(C)CN(C[C@@H](O)[C@H](Cc1ccc(OCCCNc2ncccn2)cc1)NC(=O)O[C@@H]1CO[C@H]2OCC[C@H]21)S(=O)(=O)c1ccc2c(c1)OCO2.Clc1ncccn1. The highest BCUT2D eigenvalue weighted by atomic mass is 35.5. The molecule has 6 aliphatic heterocycles. The second kappa shape index (κ2) is 37.6. The van der Waals surface area contributed by atoms with E-state index in [1.54, 1.807) is 61.2 Å². The first-order valence-corrected chi connectivity index (χ1v) is 37.6. The molecule has 4 saturated heterocycles. The number of benzene rings is 4. The smallest absolute Gasteiger partial charge is 0.407 e. The Morgan fingerprint density at radius 3 is 1.43 bits per heavy atom. The molecule has 2 aromatic heterocycles. The van der Waals surface area contributed by atoms with Gasteiger partial charge >= 0.3 is 12.2 Å². The van der Waals surface area contributed by atoms with Crippen molar-refractivity contribution in [1.29, 1.82) is 0 Å². The van der Waals surface area contributed by atoms with Crippen molar-refractivity contribution >= 4 is 49.8 Å². The number of sulfonamides is 2. The topological polar surface area (TPSA) is 374 Å². The number of hydrogen-bond acceptors (Lipinski definition) is 26. The van der Waals surface area contributed by atoms with Crippen LogP contribution >= 0.6 is 11.6 Å². The van der Waals surface area contributed by atoms with Gasteiger partial charge in [0.2, 0.25) is 44.9 Å². The van der Waals surface area contributed by atoms with E-state index in [0.717, 1.165) is 30.4 Å². The number of carbonyl (C=O) groups is 2. The molecule has 10 atom stereocenters. The molecule has 12 rings (SSSR count). The van der Waals surface area contributed by atoms with Crippen molar-refractivity contribution in [1.82, 2.24) is 39.2 Å². The number of carbonyl (C=O) groups excluding carboxylic acids is 2. The average Bonchev–Trinajstić information content (AvgIpc) is 1.46. The number of rotatable bonds is 32. The summed E-state index contributed by atoms with van der Waals surface area (Å²) in [6.45, 7) is 10.9. The Morgan fingerprint density at radius 1 is 0.583 bits per heavy atom. The molecule has 4 aromatic carbocycles. The summed E-state index contributed by atoms with van der Waals surface area (Å²) < 4.78 is 125. The molecule has 0 bridgehead atoms. The Morgan fingerprint density at radius 2 is 1.01 bits per heavy atom. The fraction of sp³-hybridized carbons (Fsp3) is 0.514. The number of nitrogens with two attached hydrogens (primary N) is 1. The summed E-state index contributed by atoms with van der Waals surface area (Å²) in [6.07, 6.45) is 3.98. The second-order valence-electron chi connectivity index (χ2n) is 25.9. The minimum absolute atomic E-state index is 0.00723. The van der Waals surface area contributed by atoms with Gasteiger partial charge in [0.15, 0.2) is 35.6 Å². The summed E-state index contributed by atoms with van der Waals surface area (Å²) in [5.74, 6) is 3.25. The largest absolute Gasteiger partial charge is 0.494 e. The molecule has 7 N–H and O–H groups in total. The van der Waals surface area contributed by atoms with E-state index in [4.69, 9.17) is 74.2 Å². The molecule has 103 heavy (non-hydrogen) atoms. The van der Waals surface area contributed by atoms with Crippen LogP contribution in [0.2, 0.25) is 5.28 Å². The van der Waals surface area contributed by atoms with E-state index >= 15 is 0 Å². The summed E-state index contributed by atoms with van der Waals surface area (Å²) >= 11 is 5.32. The predicted octanol–water partition coefficient (Wildman–Crippen LogP) is 6.57. The van der Waals surface area contributed by atoms with Crippen LogP contribution in [-0.2, 0) is 61.3 Å².